The Morgan fingerprint density at radius 3 is 2.26 bits per heavy atom. The molecule has 0 saturated carbocycles. The van der Waals surface area contributed by atoms with E-state index in [4.69, 9.17) is 0 Å². The molecule has 186 valence electrons. The van der Waals surface area contributed by atoms with Gasteiger partial charge in [-0.3, -0.25) is 13.9 Å². The van der Waals surface area contributed by atoms with Crippen LogP contribution in [-0.4, -0.2) is 50.5 Å². The van der Waals surface area contributed by atoms with Crippen LogP contribution < -0.4 is 9.62 Å². The number of rotatable bonds is 11. The summed E-state index contributed by atoms with van der Waals surface area (Å²) in [5.41, 5.74) is 3.24. The molecule has 0 saturated heterocycles. The maximum Gasteiger partial charge on any atom is 0.244 e. The molecule has 1 N–H and O–H groups in total. The van der Waals surface area contributed by atoms with Crippen molar-refractivity contribution in [2.75, 3.05) is 23.7 Å². The molecule has 0 aliphatic carbocycles. The van der Waals surface area contributed by atoms with Crippen molar-refractivity contribution in [1.82, 2.24) is 10.2 Å². The predicted octanol–water partition coefficient (Wildman–Crippen LogP) is 3.83. The zero-order valence-electron chi connectivity index (χ0n) is 21.0. The van der Waals surface area contributed by atoms with E-state index < -0.39 is 22.0 Å². The van der Waals surface area contributed by atoms with Crippen molar-refractivity contribution < 1.29 is 18.0 Å². The van der Waals surface area contributed by atoms with E-state index in [1.807, 2.05) is 71.0 Å². The van der Waals surface area contributed by atoms with Gasteiger partial charge in [0.25, 0.3) is 0 Å². The van der Waals surface area contributed by atoms with Gasteiger partial charge in [-0.15, -0.1) is 0 Å². The first-order valence-corrected chi connectivity index (χ1v) is 13.5. The van der Waals surface area contributed by atoms with Crippen LogP contribution in [-0.2, 0) is 26.2 Å². The van der Waals surface area contributed by atoms with Gasteiger partial charge >= 0.3 is 0 Å². The second-order valence-electron chi connectivity index (χ2n) is 8.81. The summed E-state index contributed by atoms with van der Waals surface area (Å²) in [6, 6.07) is 14.2. The molecule has 1 atom stereocenters. The maximum atomic E-state index is 13.7. The molecule has 0 unspecified atom stereocenters. The third-order valence-corrected chi connectivity index (χ3v) is 6.81. The third kappa shape index (κ3) is 7.06. The molecule has 0 aromatic heterocycles. The maximum absolute atomic E-state index is 13.7. The Morgan fingerprint density at radius 2 is 1.71 bits per heavy atom. The van der Waals surface area contributed by atoms with Gasteiger partial charge in [-0.05, 0) is 43.4 Å². The summed E-state index contributed by atoms with van der Waals surface area (Å²) in [6.45, 7) is 9.86. The topological polar surface area (TPSA) is 86.8 Å². The number of nitrogens with one attached hydrogen (secondary N) is 1. The Bertz CT molecular complexity index is 1100. The largest absolute Gasteiger partial charge is 0.355 e. The molecule has 2 amide bonds. The summed E-state index contributed by atoms with van der Waals surface area (Å²) in [7, 11) is -3.76. The van der Waals surface area contributed by atoms with Gasteiger partial charge in [0.2, 0.25) is 21.8 Å². The van der Waals surface area contributed by atoms with Crippen molar-refractivity contribution in [1.29, 1.82) is 0 Å². The summed E-state index contributed by atoms with van der Waals surface area (Å²) in [4.78, 5) is 28.0. The van der Waals surface area contributed by atoms with Crippen LogP contribution in [0.15, 0.2) is 48.5 Å². The molecule has 0 aliphatic rings. The lowest BCUT2D eigenvalue weighted by atomic mass is 10.0. The lowest BCUT2D eigenvalue weighted by Gasteiger charge is -2.33. The van der Waals surface area contributed by atoms with Crippen LogP contribution in [0, 0.1) is 6.92 Å². The predicted molar refractivity (Wildman–Crippen MR) is 137 cm³/mol. The second kappa shape index (κ2) is 12.0. The third-order valence-electron chi connectivity index (χ3n) is 5.68. The molecule has 34 heavy (non-hydrogen) atoms. The molecule has 0 radical (unpaired) electrons. The standard InChI is InChI=1S/C26H37N3O4S/c1-7-23(26(31)27-8-2)28(17-21-13-11-12-20(5)16-21)25(30)18-29(34(6,32)33)24-15-10-9-14-22(24)19(3)4/h9-16,19,23H,7-8,17-18H2,1-6H3,(H,27,31)/t23-/m1/s1. The number of carbonyl (C=O) groups excluding carboxylic acids is 2. The number of hydrogen-bond donors (Lipinski definition) is 1. The summed E-state index contributed by atoms with van der Waals surface area (Å²) in [5.74, 6) is -0.610. The van der Waals surface area contributed by atoms with Crippen LogP contribution in [0.25, 0.3) is 0 Å². The molecule has 0 aliphatic heterocycles. The van der Waals surface area contributed by atoms with Crippen molar-refractivity contribution in [3.63, 3.8) is 0 Å². The minimum absolute atomic E-state index is 0.0673. The van der Waals surface area contributed by atoms with Gasteiger partial charge in [-0.1, -0.05) is 68.8 Å². The summed E-state index contributed by atoms with van der Waals surface area (Å²) in [5, 5.41) is 2.80. The zero-order chi connectivity index (χ0) is 25.5. The second-order valence-corrected chi connectivity index (χ2v) is 10.7. The Morgan fingerprint density at radius 1 is 1.03 bits per heavy atom. The van der Waals surface area contributed by atoms with Crippen molar-refractivity contribution in [3.05, 3.63) is 65.2 Å². The molecule has 8 heteroatoms. The van der Waals surface area contributed by atoms with Crippen molar-refractivity contribution >= 4 is 27.5 Å². The van der Waals surface area contributed by atoms with Crippen LogP contribution in [0.3, 0.4) is 0 Å². The van der Waals surface area contributed by atoms with Gasteiger partial charge < -0.3 is 10.2 Å². The molecule has 0 bridgehead atoms. The van der Waals surface area contributed by atoms with Gasteiger partial charge in [0, 0.05) is 13.1 Å². The van der Waals surface area contributed by atoms with Gasteiger partial charge in [0.15, 0.2) is 0 Å². The van der Waals surface area contributed by atoms with E-state index in [1.54, 1.807) is 12.1 Å². The van der Waals surface area contributed by atoms with E-state index in [0.29, 0.717) is 18.7 Å². The molecule has 0 spiro atoms. The van der Waals surface area contributed by atoms with E-state index in [-0.39, 0.29) is 24.9 Å². The quantitative estimate of drug-likeness (QED) is 0.522. The van der Waals surface area contributed by atoms with Gasteiger partial charge in [-0.2, -0.15) is 0 Å². The Labute approximate surface area is 204 Å². The van der Waals surface area contributed by atoms with E-state index >= 15 is 0 Å². The summed E-state index contributed by atoms with van der Waals surface area (Å²) < 4.78 is 26.8. The molecular formula is C26H37N3O4S. The highest BCUT2D eigenvalue weighted by atomic mass is 32.2. The molecular weight excluding hydrogens is 450 g/mol. The van der Waals surface area contributed by atoms with Crippen LogP contribution in [0.4, 0.5) is 5.69 Å². The van der Waals surface area contributed by atoms with Gasteiger partial charge in [0.1, 0.15) is 12.6 Å². The number of likely N-dealkylation sites (N-methyl/N-ethyl adjacent to an activating group) is 1. The van der Waals surface area contributed by atoms with Crippen LogP contribution in [0.5, 0.6) is 0 Å². The first kappa shape index (κ1) is 27.4. The molecule has 0 fully saturated rings. The van der Waals surface area contributed by atoms with E-state index in [2.05, 4.69) is 5.32 Å². The highest BCUT2D eigenvalue weighted by Crippen LogP contribution is 2.29. The molecule has 2 aromatic carbocycles. The molecule has 2 rings (SSSR count). The highest BCUT2D eigenvalue weighted by Gasteiger charge is 2.32. The fourth-order valence-corrected chi connectivity index (χ4v) is 4.88. The number of sulfonamides is 1. The molecule has 2 aromatic rings. The van der Waals surface area contributed by atoms with Crippen LogP contribution >= 0.6 is 0 Å². The van der Waals surface area contributed by atoms with E-state index in [9.17, 15) is 18.0 Å². The van der Waals surface area contributed by atoms with E-state index in [1.165, 1.54) is 4.90 Å². The lowest BCUT2D eigenvalue weighted by molar-refractivity contribution is -0.140. The van der Waals surface area contributed by atoms with Crippen molar-refractivity contribution in [2.24, 2.45) is 0 Å². The monoisotopic (exact) mass is 487 g/mol. The van der Waals surface area contributed by atoms with Crippen LogP contribution in [0.1, 0.15) is 56.7 Å². The normalized spacial score (nSPS) is 12.3. The zero-order valence-corrected chi connectivity index (χ0v) is 21.9. The minimum Gasteiger partial charge on any atom is -0.355 e. The molecule has 0 heterocycles. The first-order valence-electron chi connectivity index (χ1n) is 11.7. The highest BCUT2D eigenvalue weighted by molar-refractivity contribution is 7.92. The number of hydrogen-bond acceptors (Lipinski definition) is 4. The minimum atomic E-state index is -3.76. The average molecular weight is 488 g/mol. The van der Waals surface area contributed by atoms with Crippen molar-refractivity contribution in [2.45, 2.75) is 59.5 Å². The number of carbonyl (C=O) groups is 2. The fraction of sp³-hybridized carbons (Fsp3) is 0.462. The number of amides is 2. The Kier molecular flexibility index (Phi) is 9.67. The SMILES string of the molecule is CCNC(=O)[C@@H](CC)N(Cc1cccc(C)c1)C(=O)CN(c1ccccc1C(C)C)S(C)(=O)=O. The average Bonchev–Trinajstić information content (AvgIpc) is 2.76. The van der Waals surface area contributed by atoms with Crippen molar-refractivity contribution in [3.8, 4) is 0 Å². The lowest BCUT2D eigenvalue weighted by Crippen LogP contribution is -2.52. The first-order chi connectivity index (χ1) is 16.0. The number of para-hydroxylation sites is 1. The fourth-order valence-electron chi connectivity index (χ4n) is 4.02. The summed E-state index contributed by atoms with van der Waals surface area (Å²) in [6.07, 6.45) is 1.51. The molecule has 7 nitrogen and oxygen atoms in total. The van der Waals surface area contributed by atoms with E-state index in [0.717, 1.165) is 27.3 Å². The number of benzene rings is 2. The number of nitrogens with zero attached hydrogens (tertiary/aromatic N) is 2. The Hall–Kier alpha value is -2.87. The van der Waals surface area contributed by atoms with Gasteiger partial charge in [0.05, 0.1) is 11.9 Å². The smallest absolute Gasteiger partial charge is 0.244 e. The summed E-state index contributed by atoms with van der Waals surface area (Å²) >= 11 is 0. The van der Waals surface area contributed by atoms with Gasteiger partial charge in [-0.25, -0.2) is 8.42 Å². The van der Waals surface area contributed by atoms with Crippen LogP contribution in [0.2, 0.25) is 0 Å². The number of aryl methyl sites for hydroxylation is 1. The number of anilines is 1. The Balaban J connectivity index is 2.50.